The van der Waals surface area contributed by atoms with E-state index in [1.807, 2.05) is 81.4 Å². The molecule has 250 valence electrons. The number of aliphatic imine (C=N–C) groups is 3. The number of aryl methyl sites for hydroxylation is 3. The smallest absolute Gasteiger partial charge is 0.406 e. The van der Waals surface area contributed by atoms with Crippen LogP contribution in [0.1, 0.15) is 33.6 Å². The van der Waals surface area contributed by atoms with Crippen molar-refractivity contribution in [3.8, 4) is 17.0 Å². The van der Waals surface area contributed by atoms with E-state index in [2.05, 4.69) is 30.4 Å². The largest absolute Gasteiger partial charge is 0.573 e. The summed E-state index contributed by atoms with van der Waals surface area (Å²) in [4.78, 5) is 13.2. The molecule has 0 fully saturated rings. The predicted molar refractivity (Wildman–Crippen MR) is 190 cm³/mol. The number of benzene rings is 4. The number of aromatic nitrogens is 1. The molecule has 9 nitrogen and oxygen atoms in total. The van der Waals surface area contributed by atoms with Crippen molar-refractivity contribution < 1.29 is 22.4 Å². The molecule has 0 amide bonds. The number of rotatable bonds is 10. The zero-order valence-corrected chi connectivity index (χ0v) is 27.6. The molecule has 0 spiro atoms. The van der Waals surface area contributed by atoms with Crippen molar-refractivity contribution in [3.63, 3.8) is 0 Å². The quantitative estimate of drug-likeness (QED) is 0.0862. The van der Waals surface area contributed by atoms with Crippen LogP contribution in [0.2, 0.25) is 0 Å². The minimum atomic E-state index is -4.76. The first-order valence-corrected chi connectivity index (χ1v) is 15.9. The van der Waals surface area contributed by atoms with Crippen molar-refractivity contribution in [1.29, 1.82) is 0 Å². The normalized spacial score (nSPS) is 12.6. The summed E-state index contributed by atoms with van der Waals surface area (Å²) in [5, 5.41) is 9.37. The number of thioether (sulfide) groups is 1. The van der Waals surface area contributed by atoms with Crippen LogP contribution in [-0.4, -0.2) is 35.1 Å². The lowest BCUT2D eigenvalue weighted by molar-refractivity contribution is -0.274. The third-order valence-electron chi connectivity index (χ3n) is 7.09. The van der Waals surface area contributed by atoms with Gasteiger partial charge in [0, 0.05) is 22.4 Å². The molecule has 0 saturated carbocycles. The Bertz CT molecular complexity index is 1970. The Hall–Kier alpha value is -5.69. The molecule has 0 aliphatic heterocycles. The summed E-state index contributed by atoms with van der Waals surface area (Å²) in [5.74, 6) is 1.17. The van der Waals surface area contributed by atoms with Crippen LogP contribution in [-0.2, 0) is 5.75 Å². The van der Waals surface area contributed by atoms with Crippen LogP contribution in [0.5, 0.6) is 5.75 Å². The topological polar surface area (TPSA) is 123 Å². The Kier molecular flexibility index (Phi) is 11.3. The summed E-state index contributed by atoms with van der Waals surface area (Å²) in [7, 11) is 0. The van der Waals surface area contributed by atoms with E-state index in [0.29, 0.717) is 22.2 Å². The number of nitrogens with zero attached hydrogens (tertiary/aromatic N) is 5. The summed E-state index contributed by atoms with van der Waals surface area (Å²) >= 11 is 1.49. The van der Waals surface area contributed by atoms with Gasteiger partial charge in [-0.15, -0.1) is 13.2 Å². The molecular formula is C36H32F3N7O2S. The number of halogens is 3. The van der Waals surface area contributed by atoms with Gasteiger partial charge in [0.2, 0.25) is 0 Å². The van der Waals surface area contributed by atoms with Crippen molar-refractivity contribution in [3.05, 3.63) is 131 Å². The number of nitrogens with one attached hydrogen (secondary N) is 1. The van der Waals surface area contributed by atoms with E-state index in [4.69, 9.17) is 15.2 Å². The predicted octanol–water partition coefficient (Wildman–Crippen LogP) is 8.78. The zero-order valence-electron chi connectivity index (χ0n) is 26.8. The third kappa shape index (κ3) is 9.91. The van der Waals surface area contributed by atoms with Crippen LogP contribution in [0.15, 0.2) is 122 Å². The Balaban J connectivity index is 1.26. The average Bonchev–Trinajstić information content (AvgIpc) is 3.45. The van der Waals surface area contributed by atoms with Gasteiger partial charge >= 0.3 is 6.36 Å². The highest BCUT2D eigenvalue weighted by atomic mass is 32.2. The highest BCUT2D eigenvalue weighted by molar-refractivity contribution is 8.13. The van der Waals surface area contributed by atoms with Gasteiger partial charge in [0.25, 0.3) is 0 Å². The molecule has 49 heavy (non-hydrogen) atoms. The number of ether oxygens (including phenoxy) is 1. The molecular weight excluding hydrogens is 652 g/mol. The fraction of sp³-hybridized carbons (Fsp3) is 0.139. The lowest BCUT2D eigenvalue weighted by atomic mass is 10.1. The van der Waals surface area contributed by atoms with E-state index in [0.717, 1.165) is 45.0 Å². The van der Waals surface area contributed by atoms with Crippen LogP contribution in [0.3, 0.4) is 0 Å². The van der Waals surface area contributed by atoms with E-state index in [1.165, 1.54) is 42.4 Å². The van der Waals surface area contributed by atoms with Crippen molar-refractivity contribution >= 4 is 46.7 Å². The van der Waals surface area contributed by atoms with E-state index in [1.54, 1.807) is 18.3 Å². The second-order valence-electron chi connectivity index (χ2n) is 10.7. The van der Waals surface area contributed by atoms with E-state index in [-0.39, 0.29) is 11.6 Å². The Morgan fingerprint density at radius 1 is 0.918 bits per heavy atom. The molecule has 0 aliphatic carbocycles. The Morgan fingerprint density at radius 3 is 2.29 bits per heavy atom. The van der Waals surface area contributed by atoms with E-state index < -0.39 is 6.36 Å². The van der Waals surface area contributed by atoms with Gasteiger partial charge < -0.3 is 15.0 Å². The maximum atomic E-state index is 12.3. The number of nitrogens with two attached hydrogens (primary N) is 1. The molecule has 1 heterocycles. The van der Waals surface area contributed by atoms with Crippen LogP contribution >= 0.6 is 11.8 Å². The number of para-hydroxylation sites is 1. The number of hydrazone groups is 1. The van der Waals surface area contributed by atoms with Crippen LogP contribution in [0.4, 0.5) is 24.5 Å². The van der Waals surface area contributed by atoms with Gasteiger partial charge in [0.05, 0.1) is 17.6 Å². The first kappa shape index (κ1) is 34.6. The second kappa shape index (κ2) is 15.9. The number of amidine groups is 2. The lowest BCUT2D eigenvalue weighted by Gasteiger charge is -2.09. The molecule has 4 aromatic carbocycles. The van der Waals surface area contributed by atoms with Gasteiger partial charge in [-0.2, -0.15) is 5.10 Å². The second-order valence-corrected chi connectivity index (χ2v) is 11.6. The molecule has 0 aliphatic rings. The highest BCUT2D eigenvalue weighted by Crippen LogP contribution is 2.30. The molecule has 1 aromatic heterocycles. The SMILES string of the molecule is Cc1cccc(C)c1N=C(N/N=C/c1ccc(C(N)=NC=Nc2ccc(OC(F)(F)F)cc2)cc1)SCc1c(-c2ccccc2)noc1C. The maximum absolute atomic E-state index is 12.3. The van der Waals surface area contributed by atoms with Gasteiger partial charge in [-0.1, -0.05) is 89.7 Å². The molecule has 13 heteroatoms. The zero-order chi connectivity index (χ0) is 34.8. The molecule has 0 unspecified atom stereocenters. The maximum Gasteiger partial charge on any atom is 0.573 e. The van der Waals surface area contributed by atoms with Gasteiger partial charge in [-0.05, 0) is 61.7 Å². The van der Waals surface area contributed by atoms with Crippen LogP contribution in [0, 0.1) is 20.8 Å². The first-order chi connectivity index (χ1) is 23.6. The number of hydrogen-bond acceptors (Lipinski definition) is 7. The van der Waals surface area contributed by atoms with Crippen molar-refractivity contribution in [1.82, 2.24) is 10.6 Å². The van der Waals surface area contributed by atoms with Gasteiger partial charge in [-0.3, -0.25) is 5.43 Å². The Labute approximate surface area is 285 Å². The summed E-state index contributed by atoms with van der Waals surface area (Å²) in [6.07, 6.45) is -1.86. The minimum Gasteiger partial charge on any atom is -0.406 e. The summed E-state index contributed by atoms with van der Waals surface area (Å²) in [6.45, 7) is 5.94. The molecule has 0 saturated heterocycles. The fourth-order valence-corrected chi connectivity index (χ4v) is 5.46. The molecule has 5 rings (SSSR count). The third-order valence-corrected chi connectivity index (χ3v) is 7.98. The van der Waals surface area contributed by atoms with E-state index >= 15 is 0 Å². The van der Waals surface area contributed by atoms with Crippen molar-refractivity contribution in [2.75, 3.05) is 0 Å². The number of hydrogen-bond donors (Lipinski definition) is 2. The van der Waals surface area contributed by atoms with Gasteiger partial charge in [-0.25, -0.2) is 15.0 Å². The fourth-order valence-electron chi connectivity index (χ4n) is 4.57. The summed E-state index contributed by atoms with van der Waals surface area (Å²) in [5.41, 5.74) is 16.8. The molecule has 0 atom stereocenters. The van der Waals surface area contributed by atoms with Crippen molar-refractivity contribution in [2.45, 2.75) is 32.9 Å². The lowest BCUT2D eigenvalue weighted by Crippen LogP contribution is -2.16. The summed E-state index contributed by atoms with van der Waals surface area (Å²) in [6, 6.07) is 28.3. The summed E-state index contributed by atoms with van der Waals surface area (Å²) < 4.78 is 46.4. The highest BCUT2D eigenvalue weighted by Gasteiger charge is 2.31. The molecule has 0 radical (unpaired) electrons. The van der Waals surface area contributed by atoms with Crippen LogP contribution < -0.4 is 15.9 Å². The van der Waals surface area contributed by atoms with E-state index in [9.17, 15) is 13.2 Å². The van der Waals surface area contributed by atoms with Crippen LogP contribution in [0.25, 0.3) is 11.3 Å². The number of alkyl halides is 3. The van der Waals surface area contributed by atoms with Gasteiger partial charge in [0.1, 0.15) is 29.4 Å². The molecule has 5 aromatic rings. The standard InChI is InChI=1S/C36H32F3N7O2S/c1-23-8-7-9-24(2)32(23)44-35(49-21-31-25(3)48-46-33(31)27-10-5-4-6-11-27)45-43-20-26-12-14-28(15-13-26)34(40)42-22-41-29-16-18-30(19-17-29)47-36(37,38)39/h4-20,22H,21H2,1-3H3,(H,44,45)(H2,40,41,42)/b43-20+. The minimum absolute atomic E-state index is 0.209. The average molecular weight is 684 g/mol. The first-order valence-electron chi connectivity index (χ1n) is 14.9. The monoisotopic (exact) mass is 683 g/mol. The Morgan fingerprint density at radius 2 is 1.61 bits per heavy atom. The van der Waals surface area contributed by atoms with Crippen molar-refractivity contribution in [2.24, 2.45) is 25.8 Å². The molecule has 0 bridgehead atoms. The molecule has 3 N–H and O–H groups in total. The van der Waals surface area contributed by atoms with Gasteiger partial charge in [0.15, 0.2) is 5.17 Å².